The fourth-order valence-electron chi connectivity index (χ4n) is 5.08. The molecular weight excluding hydrogens is 577 g/mol. The van der Waals surface area contributed by atoms with E-state index in [2.05, 4.69) is 15.1 Å². The van der Waals surface area contributed by atoms with Crippen LogP contribution in [0.25, 0.3) is 21.8 Å². The molecule has 0 saturated heterocycles. The van der Waals surface area contributed by atoms with Gasteiger partial charge in [0.25, 0.3) is 0 Å². The van der Waals surface area contributed by atoms with Gasteiger partial charge < -0.3 is 19.8 Å². The Hall–Kier alpha value is -4.76. The van der Waals surface area contributed by atoms with Gasteiger partial charge in [0.2, 0.25) is 0 Å². The number of pyridine rings is 2. The van der Waals surface area contributed by atoms with Crippen LogP contribution in [-0.4, -0.2) is 61.5 Å². The second-order valence-electron chi connectivity index (χ2n) is 10.3. The van der Waals surface area contributed by atoms with Crippen LogP contribution in [0.4, 0.5) is 0 Å². The van der Waals surface area contributed by atoms with Crippen LogP contribution in [-0.2, 0) is 18.0 Å². The van der Waals surface area contributed by atoms with Crippen molar-refractivity contribution in [2.75, 3.05) is 0 Å². The van der Waals surface area contributed by atoms with Crippen LogP contribution in [0.5, 0.6) is 11.5 Å². The van der Waals surface area contributed by atoms with Crippen molar-refractivity contribution in [3.63, 3.8) is 0 Å². The monoisotopic (exact) mass is 606 g/mol. The largest absolute Gasteiger partial charge is 0.487 e. The summed E-state index contributed by atoms with van der Waals surface area (Å²) in [6, 6.07) is 38.7. The van der Waals surface area contributed by atoms with E-state index in [0.29, 0.717) is 24.7 Å². The zero-order valence-electron chi connectivity index (χ0n) is 24.7. The van der Waals surface area contributed by atoms with Crippen LogP contribution in [0.2, 0.25) is 0 Å². The average Bonchev–Trinajstić information content (AvgIpc) is 3.07. The molecule has 6 rings (SSSR count). The first-order chi connectivity index (χ1) is 21.6. The summed E-state index contributed by atoms with van der Waals surface area (Å²) >= 11 is 0. The van der Waals surface area contributed by atoms with Crippen LogP contribution in [0.3, 0.4) is 0 Å². The first-order valence-electron chi connectivity index (χ1n) is 14.1. The summed E-state index contributed by atoms with van der Waals surface area (Å²) in [7, 11) is 0. The summed E-state index contributed by atoms with van der Waals surface area (Å²) in [4.78, 5) is 21.0. The number of hydrogen-bond donors (Lipinski definition) is 2. The Labute approximate surface area is 282 Å². The number of rotatable bonds is 11. The minimum atomic E-state index is -1.27. The van der Waals surface area contributed by atoms with Crippen molar-refractivity contribution in [3.8, 4) is 11.5 Å². The minimum Gasteiger partial charge on any atom is -0.487 e. The summed E-state index contributed by atoms with van der Waals surface area (Å²) in [5, 5.41) is 24.1. The number of para-hydroxylation sites is 2. The number of ether oxygens (including phenoxy) is 2. The molecule has 9 heteroatoms. The van der Waals surface area contributed by atoms with E-state index in [1.54, 1.807) is 0 Å². The van der Waals surface area contributed by atoms with E-state index in [4.69, 9.17) is 9.47 Å². The van der Waals surface area contributed by atoms with Crippen molar-refractivity contribution < 1.29 is 24.6 Å². The Morgan fingerprint density at radius 2 is 1.09 bits per heavy atom. The van der Waals surface area contributed by atoms with E-state index in [1.165, 1.54) is 0 Å². The molecule has 45 heavy (non-hydrogen) atoms. The van der Waals surface area contributed by atoms with Gasteiger partial charge in [-0.25, -0.2) is 14.8 Å². The summed E-state index contributed by atoms with van der Waals surface area (Å²) in [6.45, 7) is 0.619. The van der Waals surface area contributed by atoms with Crippen molar-refractivity contribution in [2.45, 2.75) is 25.6 Å². The van der Waals surface area contributed by atoms with Gasteiger partial charge in [0.1, 0.15) is 24.7 Å². The maximum atomic E-state index is 11.7. The molecule has 0 aliphatic rings. The van der Waals surface area contributed by atoms with Gasteiger partial charge in [0.05, 0.1) is 22.4 Å². The Bertz CT molecular complexity index is 1820. The number of oxime groups is 1. The zero-order valence-corrected chi connectivity index (χ0v) is 26.7. The number of fused-ring (bicyclic) bond motifs is 2. The number of carboxylic acid groups (broad SMARTS) is 1. The van der Waals surface area contributed by atoms with Gasteiger partial charge in [-0.3, -0.25) is 0 Å². The van der Waals surface area contributed by atoms with Gasteiger partial charge in [-0.1, -0.05) is 78.0 Å². The molecule has 0 aliphatic heterocycles. The Morgan fingerprint density at radius 3 is 1.51 bits per heavy atom. The quantitative estimate of drug-likeness (QED) is 0.0707. The molecule has 0 aliphatic carbocycles. The number of aromatic nitrogens is 2. The molecule has 8 nitrogen and oxygen atoms in total. The van der Waals surface area contributed by atoms with Crippen LogP contribution in [0.1, 0.15) is 34.9 Å². The van der Waals surface area contributed by atoms with E-state index in [9.17, 15) is 15.1 Å². The summed E-state index contributed by atoms with van der Waals surface area (Å²) < 4.78 is 12.0. The predicted molar refractivity (Wildman–Crippen MR) is 174 cm³/mol. The van der Waals surface area contributed by atoms with Gasteiger partial charge in [-0.2, -0.15) is 0 Å². The van der Waals surface area contributed by atoms with Crippen LogP contribution in [0.15, 0.2) is 126 Å². The van der Waals surface area contributed by atoms with Crippen molar-refractivity contribution in [2.24, 2.45) is 5.16 Å². The second-order valence-corrected chi connectivity index (χ2v) is 10.3. The van der Waals surface area contributed by atoms with E-state index in [1.807, 2.05) is 121 Å². The minimum absolute atomic E-state index is 0. The number of carboxylic acids is 1. The summed E-state index contributed by atoms with van der Waals surface area (Å²) in [6.07, 6.45) is -0.00569. The van der Waals surface area contributed by atoms with Gasteiger partial charge in [0.15, 0.2) is 5.71 Å². The van der Waals surface area contributed by atoms with Crippen LogP contribution < -0.4 is 9.47 Å². The molecule has 0 atom stereocenters. The number of hydrogen-bond acceptors (Lipinski definition) is 7. The fraction of sp³-hybridized carbons (Fsp3) is 0.111. The number of carbonyl (C=O) groups is 1. The van der Waals surface area contributed by atoms with E-state index >= 15 is 0 Å². The molecule has 4 aromatic carbocycles. The van der Waals surface area contributed by atoms with Crippen molar-refractivity contribution in [1.82, 2.24) is 9.97 Å². The maximum Gasteiger partial charge on any atom is 0.353 e. The number of benzene rings is 4. The molecule has 0 bridgehead atoms. The molecule has 1 radical (unpaired) electrons. The third kappa shape index (κ3) is 7.85. The molecule has 2 heterocycles. The van der Waals surface area contributed by atoms with Gasteiger partial charge >= 0.3 is 5.97 Å². The Morgan fingerprint density at radius 1 is 0.644 bits per heavy atom. The standard InChI is InChI=1S/C36H29N3O5.Na/c40-36(41)35(39-42)21-32(24-11-17-30(18-12-24)43-22-28-15-9-26-5-1-3-7-33(26)37-28)25-13-19-31(20-14-25)44-23-29-16-10-27-6-2-4-8-34(27)38-29;/h1-20,32,42H,21-23H2,(H,40,41);. The molecule has 0 fully saturated rings. The van der Waals surface area contributed by atoms with Crippen molar-refractivity contribution >= 4 is 63.0 Å². The van der Waals surface area contributed by atoms with E-state index < -0.39 is 5.97 Å². The molecule has 0 spiro atoms. The average molecular weight is 607 g/mol. The third-order valence-electron chi connectivity index (χ3n) is 7.42. The van der Waals surface area contributed by atoms with Gasteiger partial charge in [0, 0.05) is 52.7 Å². The molecule has 0 unspecified atom stereocenters. The molecular formula is C36H29N3NaO5. The summed E-state index contributed by atoms with van der Waals surface area (Å²) in [5.74, 6) is -0.349. The predicted octanol–water partition coefficient (Wildman–Crippen LogP) is 7.00. The first-order valence-corrected chi connectivity index (χ1v) is 14.1. The van der Waals surface area contributed by atoms with Crippen LogP contribution in [0, 0.1) is 0 Å². The molecule has 0 saturated carbocycles. The molecule has 2 aromatic heterocycles. The Kier molecular flexibility index (Phi) is 10.4. The molecule has 6 aromatic rings. The zero-order chi connectivity index (χ0) is 30.3. The summed E-state index contributed by atoms with van der Waals surface area (Å²) in [5.41, 5.74) is 4.81. The number of aliphatic carboxylic acids is 1. The molecule has 0 amide bonds. The Balaban J connectivity index is 0.00000400. The van der Waals surface area contributed by atoms with Crippen molar-refractivity contribution in [3.05, 3.63) is 144 Å². The normalized spacial score (nSPS) is 11.4. The van der Waals surface area contributed by atoms with E-state index in [0.717, 1.165) is 44.3 Å². The topological polar surface area (TPSA) is 114 Å². The number of nitrogens with zero attached hydrogens (tertiary/aromatic N) is 3. The van der Waals surface area contributed by atoms with Gasteiger partial charge in [-0.15, -0.1) is 0 Å². The van der Waals surface area contributed by atoms with E-state index in [-0.39, 0.29) is 47.6 Å². The smallest absolute Gasteiger partial charge is 0.353 e. The SMILES string of the molecule is O=C(O)C(CC(c1ccc(OCc2ccc3ccccc3n2)cc1)c1ccc(OCc2ccc3ccccc3n2)cc1)=NO.[Na]. The molecule has 2 N–H and O–H groups in total. The third-order valence-corrected chi connectivity index (χ3v) is 7.42. The fourth-order valence-corrected chi connectivity index (χ4v) is 5.08. The van der Waals surface area contributed by atoms with Gasteiger partial charge in [-0.05, 0) is 59.7 Å². The second kappa shape index (κ2) is 14.8. The van der Waals surface area contributed by atoms with Crippen molar-refractivity contribution in [1.29, 1.82) is 0 Å². The first kappa shape index (κ1) is 31.7. The van der Waals surface area contributed by atoms with Crippen LogP contribution >= 0.6 is 0 Å². The molecule has 219 valence electrons. The maximum absolute atomic E-state index is 11.7.